The number of aromatic nitrogens is 1. The van der Waals surface area contributed by atoms with E-state index in [0.29, 0.717) is 18.8 Å². The van der Waals surface area contributed by atoms with E-state index in [2.05, 4.69) is 10.3 Å². The molecule has 0 spiro atoms. The standard InChI is InChI=1S/C12H17N3O3S/c1-2-15(10-6-8-19(17,18)9-10)12(16)14-11-5-3-4-7-13-11/h3-5,7,10H,2,6,8-9H2,1H3,(H,13,14,16). The van der Waals surface area contributed by atoms with Gasteiger partial charge in [0.2, 0.25) is 0 Å². The van der Waals surface area contributed by atoms with E-state index in [1.807, 2.05) is 6.92 Å². The zero-order valence-electron chi connectivity index (χ0n) is 10.7. The number of amides is 2. The first-order valence-corrected chi connectivity index (χ1v) is 8.03. The summed E-state index contributed by atoms with van der Waals surface area (Å²) in [6.45, 7) is 2.31. The number of rotatable bonds is 3. The maximum Gasteiger partial charge on any atom is 0.323 e. The molecule has 1 atom stereocenters. The molecule has 0 saturated carbocycles. The molecule has 0 aliphatic carbocycles. The fraction of sp³-hybridized carbons (Fsp3) is 0.500. The van der Waals surface area contributed by atoms with Crippen molar-refractivity contribution in [1.82, 2.24) is 9.88 Å². The molecule has 7 heteroatoms. The number of pyridine rings is 1. The molecule has 1 aliphatic rings. The predicted molar refractivity (Wildman–Crippen MR) is 72.7 cm³/mol. The molecule has 1 fully saturated rings. The average molecular weight is 283 g/mol. The third-order valence-corrected chi connectivity index (χ3v) is 4.90. The van der Waals surface area contributed by atoms with Crippen molar-refractivity contribution in [2.75, 3.05) is 23.4 Å². The van der Waals surface area contributed by atoms with E-state index in [1.165, 1.54) is 0 Å². The third-order valence-electron chi connectivity index (χ3n) is 3.15. The number of nitrogens with zero attached hydrogens (tertiary/aromatic N) is 2. The fourth-order valence-electron chi connectivity index (χ4n) is 2.21. The van der Waals surface area contributed by atoms with Crippen LogP contribution < -0.4 is 5.32 Å². The van der Waals surface area contributed by atoms with E-state index in [-0.39, 0.29) is 23.6 Å². The molecular weight excluding hydrogens is 266 g/mol. The first-order valence-electron chi connectivity index (χ1n) is 6.21. The molecule has 1 aliphatic heterocycles. The Kier molecular flexibility index (Phi) is 4.04. The van der Waals surface area contributed by atoms with Gasteiger partial charge < -0.3 is 4.90 Å². The Morgan fingerprint density at radius 1 is 1.53 bits per heavy atom. The van der Waals surface area contributed by atoms with Crippen LogP contribution in [-0.4, -0.2) is 48.4 Å². The van der Waals surface area contributed by atoms with Crippen LogP contribution in [0.25, 0.3) is 0 Å². The fourth-order valence-corrected chi connectivity index (χ4v) is 3.94. The molecule has 0 radical (unpaired) electrons. The monoisotopic (exact) mass is 283 g/mol. The molecule has 2 heterocycles. The van der Waals surface area contributed by atoms with Gasteiger partial charge in [-0.25, -0.2) is 18.2 Å². The summed E-state index contributed by atoms with van der Waals surface area (Å²) in [5.41, 5.74) is 0. The van der Waals surface area contributed by atoms with Crippen LogP contribution >= 0.6 is 0 Å². The van der Waals surface area contributed by atoms with E-state index in [9.17, 15) is 13.2 Å². The van der Waals surface area contributed by atoms with Crippen LogP contribution in [0.2, 0.25) is 0 Å². The van der Waals surface area contributed by atoms with Gasteiger partial charge in [-0.05, 0) is 25.5 Å². The smallest absolute Gasteiger partial charge is 0.321 e. The molecule has 0 aromatic carbocycles. The molecular formula is C12H17N3O3S. The maximum absolute atomic E-state index is 12.1. The van der Waals surface area contributed by atoms with Gasteiger partial charge in [-0.3, -0.25) is 5.32 Å². The lowest BCUT2D eigenvalue weighted by molar-refractivity contribution is 0.197. The average Bonchev–Trinajstić information content (AvgIpc) is 2.72. The minimum absolute atomic E-state index is 0.0521. The molecule has 104 valence electrons. The third kappa shape index (κ3) is 3.44. The summed E-state index contributed by atoms with van der Waals surface area (Å²) in [6.07, 6.45) is 2.09. The van der Waals surface area contributed by atoms with E-state index in [1.54, 1.807) is 29.3 Å². The highest BCUT2D eigenvalue weighted by Crippen LogP contribution is 2.18. The van der Waals surface area contributed by atoms with Crippen molar-refractivity contribution in [2.45, 2.75) is 19.4 Å². The zero-order valence-corrected chi connectivity index (χ0v) is 11.6. The minimum atomic E-state index is -2.99. The molecule has 0 bridgehead atoms. The SMILES string of the molecule is CCN(C(=O)Nc1ccccn1)C1CCS(=O)(=O)C1. The number of hydrogen-bond acceptors (Lipinski definition) is 4. The van der Waals surface area contributed by atoms with E-state index >= 15 is 0 Å². The van der Waals surface area contributed by atoms with Crippen LogP contribution in [-0.2, 0) is 9.84 Å². The Bertz CT molecular complexity index is 545. The van der Waals surface area contributed by atoms with Crippen molar-refractivity contribution < 1.29 is 13.2 Å². The number of sulfone groups is 1. The lowest BCUT2D eigenvalue weighted by atomic mass is 10.2. The summed E-state index contributed by atoms with van der Waals surface area (Å²) in [6, 6.07) is 4.69. The van der Waals surface area contributed by atoms with Gasteiger partial charge in [0, 0.05) is 18.8 Å². The number of urea groups is 1. The largest absolute Gasteiger partial charge is 0.323 e. The van der Waals surface area contributed by atoms with Gasteiger partial charge in [-0.2, -0.15) is 0 Å². The highest BCUT2D eigenvalue weighted by molar-refractivity contribution is 7.91. The van der Waals surface area contributed by atoms with Crippen molar-refractivity contribution in [3.8, 4) is 0 Å². The first-order chi connectivity index (χ1) is 9.02. The van der Waals surface area contributed by atoms with E-state index < -0.39 is 9.84 Å². The molecule has 19 heavy (non-hydrogen) atoms. The highest BCUT2D eigenvalue weighted by atomic mass is 32.2. The number of hydrogen-bond donors (Lipinski definition) is 1. The summed E-state index contributed by atoms with van der Waals surface area (Å²) in [5.74, 6) is 0.674. The Morgan fingerprint density at radius 3 is 2.84 bits per heavy atom. The van der Waals surface area contributed by atoms with Gasteiger partial charge in [-0.15, -0.1) is 0 Å². The Hall–Kier alpha value is -1.63. The van der Waals surface area contributed by atoms with Crippen molar-refractivity contribution >= 4 is 21.7 Å². The summed E-state index contributed by atoms with van der Waals surface area (Å²) >= 11 is 0. The van der Waals surface area contributed by atoms with E-state index in [0.717, 1.165) is 0 Å². The minimum Gasteiger partial charge on any atom is -0.321 e. The second-order valence-corrected chi connectivity index (χ2v) is 6.72. The maximum atomic E-state index is 12.1. The number of carbonyl (C=O) groups is 1. The highest BCUT2D eigenvalue weighted by Gasteiger charge is 2.33. The Morgan fingerprint density at radius 2 is 2.32 bits per heavy atom. The van der Waals surface area contributed by atoms with Crippen molar-refractivity contribution in [1.29, 1.82) is 0 Å². The molecule has 1 aromatic rings. The summed E-state index contributed by atoms with van der Waals surface area (Å²) in [4.78, 5) is 17.7. The molecule has 2 amide bonds. The number of anilines is 1. The van der Waals surface area contributed by atoms with Crippen LogP contribution in [0.4, 0.5) is 10.6 Å². The quantitative estimate of drug-likeness (QED) is 0.901. The Labute approximate surface area is 112 Å². The van der Waals surface area contributed by atoms with Crippen molar-refractivity contribution in [2.24, 2.45) is 0 Å². The van der Waals surface area contributed by atoms with Gasteiger partial charge >= 0.3 is 6.03 Å². The Balaban J connectivity index is 2.04. The lowest BCUT2D eigenvalue weighted by Gasteiger charge is -2.26. The lowest BCUT2D eigenvalue weighted by Crippen LogP contribution is -2.43. The van der Waals surface area contributed by atoms with E-state index in [4.69, 9.17) is 0 Å². The molecule has 1 unspecified atom stereocenters. The second kappa shape index (κ2) is 5.56. The van der Waals surface area contributed by atoms with Gasteiger partial charge in [-0.1, -0.05) is 6.07 Å². The summed E-state index contributed by atoms with van der Waals surface area (Å²) < 4.78 is 22.9. The summed E-state index contributed by atoms with van der Waals surface area (Å²) in [7, 11) is -2.99. The molecule has 1 aromatic heterocycles. The molecule has 6 nitrogen and oxygen atoms in total. The number of carbonyl (C=O) groups excluding carboxylic acids is 1. The van der Waals surface area contributed by atoms with Crippen molar-refractivity contribution in [3.05, 3.63) is 24.4 Å². The molecule has 1 N–H and O–H groups in total. The van der Waals surface area contributed by atoms with Gasteiger partial charge in [0.05, 0.1) is 11.5 Å². The van der Waals surface area contributed by atoms with Crippen LogP contribution in [0.3, 0.4) is 0 Å². The normalized spacial score (nSPS) is 21.0. The van der Waals surface area contributed by atoms with Gasteiger partial charge in [0.15, 0.2) is 9.84 Å². The number of nitrogens with one attached hydrogen (secondary N) is 1. The topological polar surface area (TPSA) is 79.4 Å². The van der Waals surface area contributed by atoms with Crippen LogP contribution in [0.5, 0.6) is 0 Å². The molecule has 1 saturated heterocycles. The van der Waals surface area contributed by atoms with Crippen LogP contribution in [0, 0.1) is 0 Å². The van der Waals surface area contributed by atoms with Gasteiger partial charge in [0.1, 0.15) is 5.82 Å². The van der Waals surface area contributed by atoms with Crippen LogP contribution in [0.1, 0.15) is 13.3 Å². The van der Waals surface area contributed by atoms with Gasteiger partial charge in [0.25, 0.3) is 0 Å². The zero-order chi connectivity index (χ0) is 13.9. The first kappa shape index (κ1) is 13.8. The summed E-state index contributed by atoms with van der Waals surface area (Å²) in [5, 5.41) is 2.68. The predicted octanol–water partition coefficient (Wildman–Crippen LogP) is 1.12. The second-order valence-electron chi connectivity index (χ2n) is 4.49. The molecule has 2 rings (SSSR count). The van der Waals surface area contributed by atoms with Crippen LogP contribution in [0.15, 0.2) is 24.4 Å². The van der Waals surface area contributed by atoms with Crippen molar-refractivity contribution in [3.63, 3.8) is 0 Å².